The van der Waals surface area contributed by atoms with Crippen LogP contribution in [0.15, 0.2) is 97.3 Å². The van der Waals surface area contributed by atoms with Crippen LogP contribution in [0.25, 0.3) is 0 Å². The minimum Gasteiger partial charge on any atom is -0.489 e. The highest BCUT2D eigenvalue weighted by atomic mass is 19.4. The number of aliphatic hydroxyl groups is 1. The first-order chi connectivity index (χ1) is 23.5. The molecule has 2 N–H and O–H groups in total. The van der Waals surface area contributed by atoms with Crippen LogP contribution in [-0.2, 0) is 35.5 Å². The zero-order chi connectivity index (χ0) is 36.5. The van der Waals surface area contributed by atoms with E-state index >= 15 is 0 Å². The fourth-order valence-corrected chi connectivity index (χ4v) is 5.63. The summed E-state index contributed by atoms with van der Waals surface area (Å²) in [6, 6.07) is 21.9. The predicted octanol–water partition coefficient (Wildman–Crippen LogP) is 8.34. The number of hydrogen-bond acceptors (Lipinski definition) is 6. The number of nitrogens with one attached hydrogen (secondary N) is 1. The molecule has 7 nitrogen and oxygen atoms in total. The zero-order valence-electron chi connectivity index (χ0n) is 27.5. The highest BCUT2D eigenvalue weighted by molar-refractivity contribution is 5.91. The van der Waals surface area contributed by atoms with Gasteiger partial charge in [-0.3, -0.25) is 9.69 Å². The van der Waals surface area contributed by atoms with E-state index in [0.717, 1.165) is 17.2 Å². The lowest BCUT2D eigenvalue weighted by molar-refractivity contribution is -0.376. The van der Waals surface area contributed by atoms with E-state index in [0.29, 0.717) is 48.0 Å². The molecule has 1 aliphatic heterocycles. The van der Waals surface area contributed by atoms with E-state index in [9.17, 15) is 36.2 Å². The molecule has 0 spiro atoms. The second-order valence-electron chi connectivity index (χ2n) is 12.2. The molecule has 50 heavy (non-hydrogen) atoms. The topological polar surface area (TPSA) is 83.9 Å². The lowest BCUT2D eigenvalue weighted by Gasteiger charge is -2.33. The van der Waals surface area contributed by atoms with Crippen molar-refractivity contribution in [2.75, 3.05) is 0 Å². The Morgan fingerprint density at radius 2 is 1.60 bits per heavy atom. The van der Waals surface area contributed by atoms with Crippen molar-refractivity contribution in [2.24, 2.45) is 0 Å². The molecule has 1 saturated heterocycles. The van der Waals surface area contributed by atoms with Gasteiger partial charge < -0.3 is 19.9 Å². The summed E-state index contributed by atoms with van der Waals surface area (Å²) >= 11 is 0. The van der Waals surface area contributed by atoms with Crippen LogP contribution in [-0.4, -0.2) is 33.3 Å². The minimum atomic E-state index is -6.02. The van der Waals surface area contributed by atoms with Gasteiger partial charge in [0.2, 0.25) is 5.88 Å². The number of alkyl halides is 6. The Morgan fingerprint density at radius 3 is 2.22 bits per heavy atom. The molecular formula is C37H35F6N3O4. The van der Waals surface area contributed by atoms with E-state index in [1.807, 2.05) is 31.2 Å². The van der Waals surface area contributed by atoms with Crippen molar-refractivity contribution in [3.63, 3.8) is 0 Å². The van der Waals surface area contributed by atoms with Gasteiger partial charge in [-0.25, -0.2) is 4.98 Å². The van der Waals surface area contributed by atoms with E-state index in [1.165, 1.54) is 11.0 Å². The summed E-state index contributed by atoms with van der Waals surface area (Å²) in [6.45, 7) is 9.80. The number of benzene rings is 3. The van der Waals surface area contributed by atoms with Gasteiger partial charge in [-0.15, -0.1) is 0 Å². The number of halogens is 6. The fraction of sp³-hybridized carbons (Fsp3) is 0.297. The Morgan fingerprint density at radius 1 is 0.940 bits per heavy atom. The van der Waals surface area contributed by atoms with Gasteiger partial charge in [-0.1, -0.05) is 74.0 Å². The third-order valence-corrected chi connectivity index (χ3v) is 8.48. The monoisotopic (exact) mass is 699 g/mol. The molecule has 1 atom stereocenters. The third kappa shape index (κ3) is 7.14. The average Bonchev–Trinajstić information content (AvgIpc) is 3.28. The van der Waals surface area contributed by atoms with Gasteiger partial charge in [0, 0.05) is 11.6 Å². The Hall–Kier alpha value is -5.04. The van der Waals surface area contributed by atoms with E-state index in [2.05, 4.69) is 16.9 Å². The van der Waals surface area contributed by atoms with Crippen LogP contribution in [0.5, 0.6) is 17.4 Å². The predicted molar refractivity (Wildman–Crippen MR) is 173 cm³/mol. The summed E-state index contributed by atoms with van der Waals surface area (Å²) in [5, 5.41) is 13.0. The smallest absolute Gasteiger partial charge is 0.430 e. The molecule has 13 heteroatoms. The number of nitrogens with zero attached hydrogens (tertiary/aromatic N) is 2. The number of rotatable bonds is 11. The van der Waals surface area contributed by atoms with Gasteiger partial charge in [-0.05, 0) is 67.3 Å². The molecule has 2 heterocycles. The standard InChI is InChI=1S/C37H35F6N3O4/c1-5-7-26-20-28(35(48,36(38,39)40)37(41,42)43)16-19-31(26)50-32-9-6-8-29(44-32)21-46-24(3)45-34(4,33(46)47)27-14-17-30(18-15-27)49-22-25-12-10-23(2)11-13-25/h6,8-20,45,48H,3,5,7,21-22H2,1-2,4H3. The van der Waals surface area contributed by atoms with Crippen LogP contribution in [0.3, 0.4) is 0 Å². The second-order valence-corrected chi connectivity index (χ2v) is 12.2. The molecule has 1 unspecified atom stereocenters. The van der Waals surface area contributed by atoms with Crippen LogP contribution < -0.4 is 14.8 Å². The first-order valence-electron chi connectivity index (χ1n) is 15.7. The Bertz CT molecular complexity index is 1850. The molecule has 3 aromatic carbocycles. The SMILES string of the molecule is C=C1NC(C)(c2ccc(OCc3ccc(C)cc3)cc2)C(=O)N1Cc1cccc(Oc2ccc(C(O)(C(F)(F)F)C(F)(F)F)cc2CCC)n1. The van der Waals surface area contributed by atoms with E-state index in [1.54, 1.807) is 50.2 Å². The summed E-state index contributed by atoms with van der Waals surface area (Å²) in [5.41, 5.74) is -4.35. The average molecular weight is 700 g/mol. The Kier molecular flexibility index (Phi) is 9.93. The van der Waals surface area contributed by atoms with Crippen molar-refractivity contribution in [2.45, 2.75) is 70.3 Å². The largest absolute Gasteiger partial charge is 0.489 e. The maximum Gasteiger partial charge on any atom is 0.430 e. The number of ether oxygens (including phenoxy) is 2. The highest BCUT2D eigenvalue weighted by Crippen LogP contribution is 2.50. The molecular weight excluding hydrogens is 664 g/mol. The summed E-state index contributed by atoms with van der Waals surface area (Å²) in [4.78, 5) is 19.6. The molecule has 0 saturated carbocycles. The first kappa shape index (κ1) is 36.2. The number of carbonyl (C=O) groups excluding carboxylic acids is 1. The molecule has 0 radical (unpaired) electrons. The maximum absolute atomic E-state index is 13.7. The first-order valence-corrected chi connectivity index (χ1v) is 15.7. The van der Waals surface area contributed by atoms with Crippen LogP contribution in [0.2, 0.25) is 0 Å². The highest BCUT2D eigenvalue weighted by Gasteiger charge is 2.71. The fourth-order valence-electron chi connectivity index (χ4n) is 5.63. The number of aryl methyl sites for hydroxylation is 2. The van der Waals surface area contributed by atoms with Gasteiger partial charge >= 0.3 is 12.4 Å². The number of pyridine rings is 1. The van der Waals surface area contributed by atoms with Gasteiger partial charge in [0.15, 0.2) is 0 Å². The lowest BCUT2D eigenvalue weighted by Crippen LogP contribution is -2.53. The zero-order valence-corrected chi connectivity index (χ0v) is 27.5. The molecule has 1 fully saturated rings. The van der Waals surface area contributed by atoms with Gasteiger partial charge in [0.05, 0.1) is 12.2 Å². The summed E-state index contributed by atoms with van der Waals surface area (Å²) in [7, 11) is 0. The molecule has 1 aromatic heterocycles. The molecule has 5 rings (SSSR count). The molecule has 4 aromatic rings. The minimum absolute atomic E-state index is 0.0105. The van der Waals surface area contributed by atoms with Crippen LogP contribution in [0.1, 0.15) is 53.8 Å². The summed E-state index contributed by atoms with van der Waals surface area (Å²) in [5.74, 6) is 0.616. The van der Waals surface area contributed by atoms with Gasteiger partial charge in [-0.2, -0.15) is 26.3 Å². The molecule has 1 aliphatic rings. The van der Waals surface area contributed by atoms with E-state index < -0.39 is 29.1 Å². The Balaban J connectivity index is 1.30. The lowest BCUT2D eigenvalue weighted by atomic mass is 9.90. The maximum atomic E-state index is 13.7. The van der Waals surface area contributed by atoms with Gasteiger partial charge in [0.25, 0.3) is 11.5 Å². The van der Waals surface area contributed by atoms with Crippen LogP contribution >= 0.6 is 0 Å². The third-order valence-electron chi connectivity index (χ3n) is 8.48. The van der Waals surface area contributed by atoms with Gasteiger partial charge in [0.1, 0.15) is 29.5 Å². The van der Waals surface area contributed by atoms with Crippen molar-refractivity contribution in [3.8, 4) is 17.4 Å². The number of hydrogen-bond donors (Lipinski definition) is 2. The number of aromatic nitrogens is 1. The van der Waals surface area contributed by atoms with Crippen molar-refractivity contribution in [1.29, 1.82) is 0 Å². The van der Waals surface area contributed by atoms with Crippen LogP contribution in [0.4, 0.5) is 26.3 Å². The quantitative estimate of drug-likeness (QED) is 0.153. The summed E-state index contributed by atoms with van der Waals surface area (Å²) < 4.78 is 92.8. The van der Waals surface area contributed by atoms with Crippen LogP contribution in [0, 0.1) is 6.92 Å². The molecule has 264 valence electrons. The number of amides is 1. The molecule has 0 aliphatic carbocycles. The van der Waals surface area contributed by atoms with E-state index in [4.69, 9.17) is 9.47 Å². The number of carbonyl (C=O) groups is 1. The molecule has 1 amide bonds. The second kappa shape index (κ2) is 13.7. The normalized spacial score (nSPS) is 16.8. The van der Waals surface area contributed by atoms with E-state index in [-0.39, 0.29) is 36.1 Å². The Labute approximate surface area is 285 Å². The molecule has 0 bridgehead atoms. The van der Waals surface area contributed by atoms with Crippen molar-refractivity contribution < 1.29 is 45.7 Å². The van der Waals surface area contributed by atoms with Crippen molar-refractivity contribution in [3.05, 3.63) is 131 Å². The summed E-state index contributed by atoms with van der Waals surface area (Å²) in [6.07, 6.45) is -11.6. The van der Waals surface area contributed by atoms with Crippen molar-refractivity contribution >= 4 is 5.91 Å². The van der Waals surface area contributed by atoms with Crippen molar-refractivity contribution in [1.82, 2.24) is 15.2 Å².